The third-order valence-corrected chi connectivity index (χ3v) is 4.84. The summed E-state index contributed by atoms with van der Waals surface area (Å²) in [5, 5.41) is 9.97. The average molecular weight is 282 g/mol. The van der Waals surface area contributed by atoms with E-state index >= 15 is 0 Å². The fourth-order valence-corrected chi connectivity index (χ4v) is 3.77. The van der Waals surface area contributed by atoms with Gasteiger partial charge in [0, 0.05) is 11.3 Å². The van der Waals surface area contributed by atoms with Gasteiger partial charge in [0.1, 0.15) is 11.6 Å². The molecule has 0 spiro atoms. The van der Waals surface area contributed by atoms with Gasteiger partial charge in [-0.05, 0) is 43.6 Å². The fraction of sp³-hybridized carbons (Fsp3) is 0.533. The Morgan fingerprint density at radius 1 is 1.42 bits per heavy atom. The standard InChI is InChI=1S/C15H19FO2S/c1-10(17)14-7-13(16)6-12(15(14)18)9-19-8-11-4-2-3-5-11/h6-7,11,18H,2-5,8-9H2,1H3. The number of hydrogen-bond donors (Lipinski definition) is 1. The quantitative estimate of drug-likeness (QED) is 0.824. The molecule has 0 amide bonds. The number of Topliss-reactive ketones (excluding diaryl/α,β-unsaturated/α-hetero) is 1. The van der Waals surface area contributed by atoms with Crippen LogP contribution in [0.15, 0.2) is 12.1 Å². The van der Waals surface area contributed by atoms with Gasteiger partial charge in [-0.2, -0.15) is 11.8 Å². The first-order chi connectivity index (χ1) is 9.08. The first-order valence-corrected chi connectivity index (χ1v) is 7.83. The second kappa shape index (κ2) is 6.42. The van der Waals surface area contributed by atoms with Crippen molar-refractivity contribution in [2.75, 3.05) is 5.75 Å². The molecule has 1 aliphatic rings. The van der Waals surface area contributed by atoms with E-state index in [1.165, 1.54) is 38.7 Å². The monoisotopic (exact) mass is 282 g/mol. The highest BCUT2D eigenvalue weighted by atomic mass is 32.2. The summed E-state index contributed by atoms with van der Waals surface area (Å²) in [7, 11) is 0. The van der Waals surface area contributed by atoms with Crippen LogP contribution in [0.1, 0.15) is 48.5 Å². The molecule has 0 heterocycles. The van der Waals surface area contributed by atoms with E-state index in [9.17, 15) is 14.3 Å². The maximum atomic E-state index is 13.4. The summed E-state index contributed by atoms with van der Waals surface area (Å²) in [5.74, 6) is 1.53. The summed E-state index contributed by atoms with van der Waals surface area (Å²) in [6.07, 6.45) is 5.18. The highest BCUT2D eigenvalue weighted by Gasteiger charge is 2.17. The second-order valence-corrected chi connectivity index (χ2v) is 6.21. The van der Waals surface area contributed by atoms with E-state index in [0.29, 0.717) is 11.3 Å². The van der Waals surface area contributed by atoms with Crippen LogP contribution in [0.4, 0.5) is 4.39 Å². The van der Waals surface area contributed by atoms with Gasteiger partial charge in [0.2, 0.25) is 0 Å². The topological polar surface area (TPSA) is 37.3 Å². The van der Waals surface area contributed by atoms with Gasteiger partial charge in [0.05, 0.1) is 5.56 Å². The van der Waals surface area contributed by atoms with Crippen LogP contribution in [0.5, 0.6) is 5.75 Å². The van der Waals surface area contributed by atoms with Crippen LogP contribution in [-0.4, -0.2) is 16.6 Å². The molecule has 1 aromatic rings. The number of halogens is 1. The number of ketones is 1. The molecular formula is C15H19FO2S. The van der Waals surface area contributed by atoms with Crippen molar-refractivity contribution >= 4 is 17.5 Å². The highest BCUT2D eigenvalue weighted by Crippen LogP contribution is 2.32. The Morgan fingerprint density at radius 2 is 2.11 bits per heavy atom. The third-order valence-electron chi connectivity index (χ3n) is 3.62. The van der Waals surface area contributed by atoms with Crippen LogP contribution < -0.4 is 0 Å². The lowest BCUT2D eigenvalue weighted by molar-refractivity contribution is 0.101. The van der Waals surface area contributed by atoms with Gasteiger partial charge in [-0.25, -0.2) is 4.39 Å². The second-order valence-electron chi connectivity index (χ2n) is 5.18. The highest BCUT2D eigenvalue weighted by molar-refractivity contribution is 7.98. The molecule has 0 saturated heterocycles. The zero-order valence-corrected chi connectivity index (χ0v) is 11.9. The summed E-state index contributed by atoms with van der Waals surface area (Å²) in [4.78, 5) is 11.3. The van der Waals surface area contributed by atoms with E-state index in [1.54, 1.807) is 11.8 Å². The molecule has 0 radical (unpaired) electrons. The van der Waals surface area contributed by atoms with Crippen LogP contribution in [-0.2, 0) is 5.75 Å². The molecule has 1 N–H and O–H groups in total. The Balaban J connectivity index is 2.00. The predicted molar refractivity (Wildman–Crippen MR) is 76.2 cm³/mol. The number of carbonyl (C=O) groups excluding carboxylic acids is 1. The Kier molecular flexibility index (Phi) is 4.86. The number of aromatic hydroxyl groups is 1. The molecule has 0 unspecified atom stereocenters. The normalized spacial score (nSPS) is 15.9. The number of phenols is 1. The first kappa shape index (κ1) is 14.4. The van der Waals surface area contributed by atoms with Gasteiger partial charge in [-0.1, -0.05) is 12.8 Å². The van der Waals surface area contributed by atoms with E-state index in [-0.39, 0.29) is 17.1 Å². The Labute approximate surface area is 117 Å². The van der Waals surface area contributed by atoms with E-state index in [4.69, 9.17) is 0 Å². The van der Waals surface area contributed by atoms with Crippen molar-refractivity contribution in [1.29, 1.82) is 0 Å². The van der Waals surface area contributed by atoms with E-state index in [1.807, 2.05) is 0 Å². The molecule has 104 valence electrons. The van der Waals surface area contributed by atoms with Gasteiger partial charge < -0.3 is 5.11 Å². The van der Waals surface area contributed by atoms with Gasteiger partial charge in [0.15, 0.2) is 5.78 Å². The lowest BCUT2D eigenvalue weighted by atomic mass is 10.1. The number of phenolic OH excluding ortho intramolecular Hbond substituents is 1. The number of carbonyl (C=O) groups is 1. The number of thioether (sulfide) groups is 1. The van der Waals surface area contributed by atoms with Crippen molar-refractivity contribution in [3.05, 3.63) is 29.1 Å². The van der Waals surface area contributed by atoms with Gasteiger partial charge in [0.25, 0.3) is 0 Å². The van der Waals surface area contributed by atoms with Gasteiger partial charge >= 0.3 is 0 Å². The maximum Gasteiger partial charge on any atom is 0.163 e. The molecule has 4 heteroatoms. The number of benzene rings is 1. The van der Waals surface area contributed by atoms with Crippen molar-refractivity contribution < 1.29 is 14.3 Å². The molecule has 1 fully saturated rings. The van der Waals surface area contributed by atoms with Crippen molar-refractivity contribution in [3.63, 3.8) is 0 Å². The SMILES string of the molecule is CC(=O)c1cc(F)cc(CSCC2CCCC2)c1O. The van der Waals surface area contributed by atoms with E-state index in [0.717, 1.165) is 17.7 Å². The van der Waals surface area contributed by atoms with Crippen molar-refractivity contribution in [3.8, 4) is 5.75 Å². The van der Waals surface area contributed by atoms with Crippen LogP contribution >= 0.6 is 11.8 Å². The number of hydrogen-bond acceptors (Lipinski definition) is 3. The van der Waals surface area contributed by atoms with Crippen LogP contribution in [0.3, 0.4) is 0 Å². The summed E-state index contributed by atoms with van der Waals surface area (Å²) < 4.78 is 13.4. The summed E-state index contributed by atoms with van der Waals surface area (Å²) in [5.41, 5.74) is 0.602. The van der Waals surface area contributed by atoms with Crippen molar-refractivity contribution in [2.45, 2.75) is 38.4 Å². The van der Waals surface area contributed by atoms with Gasteiger partial charge in [-0.3, -0.25) is 4.79 Å². The molecule has 0 bridgehead atoms. The summed E-state index contributed by atoms with van der Waals surface area (Å²) in [6, 6.07) is 2.42. The average Bonchev–Trinajstić information content (AvgIpc) is 2.86. The third kappa shape index (κ3) is 3.72. The van der Waals surface area contributed by atoms with E-state index < -0.39 is 5.82 Å². The molecule has 0 aliphatic heterocycles. The largest absolute Gasteiger partial charge is 0.507 e. The molecule has 2 nitrogen and oxygen atoms in total. The maximum absolute atomic E-state index is 13.4. The lowest BCUT2D eigenvalue weighted by Gasteiger charge is -2.11. The molecule has 2 rings (SSSR count). The lowest BCUT2D eigenvalue weighted by Crippen LogP contribution is -2.00. The van der Waals surface area contributed by atoms with Crippen LogP contribution in [0.25, 0.3) is 0 Å². The Hall–Kier alpha value is -1.03. The van der Waals surface area contributed by atoms with Crippen molar-refractivity contribution in [1.82, 2.24) is 0 Å². The fourth-order valence-electron chi connectivity index (χ4n) is 2.55. The molecular weight excluding hydrogens is 263 g/mol. The Bertz CT molecular complexity index is 467. The minimum absolute atomic E-state index is 0.0622. The predicted octanol–water partition coefficient (Wildman–Crippen LogP) is 4.16. The molecule has 19 heavy (non-hydrogen) atoms. The number of rotatable bonds is 5. The Morgan fingerprint density at radius 3 is 2.74 bits per heavy atom. The van der Waals surface area contributed by atoms with Crippen LogP contribution in [0.2, 0.25) is 0 Å². The minimum Gasteiger partial charge on any atom is -0.507 e. The molecule has 0 atom stereocenters. The molecule has 1 aliphatic carbocycles. The van der Waals surface area contributed by atoms with Crippen LogP contribution in [0, 0.1) is 11.7 Å². The minimum atomic E-state index is -0.459. The van der Waals surface area contributed by atoms with Crippen molar-refractivity contribution in [2.24, 2.45) is 5.92 Å². The molecule has 1 aromatic carbocycles. The summed E-state index contributed by atoms with van der Waals surface area (Å²) in [6.45, 7) is 1.34. The van der Waals surface area contributed by atoms with Gasteiger partial charge in [-0.15, -0.1) is 0 Å². The first-order valence-electron chi connectivity index (χ1n) is 6.68. The summed E-state index contributed by atoms with van der Waals surface area (Å²) >= 11 is 1.71. The zero-order chi connectivity index (χ0) is 13.8. The zero-order valence-electron chi connectivity index (χ0n) is 11.1. The smallest absolute Gasteiger partial charge is 0.163 e. The molecule has 1 saturated carbocycles. The molecule has 0 aromatic heterocycles. The van der Waals surface area contributed by atoms with E-state index in [2.05, 4.69) is 0 Å².